The van der Waals surface area contributed by atoms with Crippen LogP contribution in [0, 0.1) is 24.4 Å². The quantitative estimate of drug-likeness (QED) is 0.383. The number of fused-ring (bicyclic) bond motifs is 1. The van der Waals surface area contributed by atoms with E-state index in [4.69, 9.17) is 0 Å². The van der Waals surface area contributed by atoms with Gasteiger partial charge in [-0.15, -0.1) is 0 Å². The first-order valence-corrected chi connectivity index (χ1v) is 9.33. The maximum Gasteiger partial charge on any atom is 0.164 e. The molecule has 0 unspecified atom stereocenters. The lowest BCUT2D eigenvalue weighted by atomic mass is 9.99. The largest absolute Gasteiger partial charge is 0.310 e. The SMILES string of the molecule is Cc1c(F)c(F)cc(CCCCN[C@H](C)c2cccc3ccccc23)c1F. The molecule has 1 nitrogen and oxygen atoms in total. The summed E-state index contributed by atoms with van der Waals surface area (Å²) in [5, 5.41) is 5.95. The normalized spacial score (nSPS) is 12.5. The summed E-state index contributed by atoms with van der Waals surface area (Å²) in [5.41, 5.74) is 1.25. The van der Waals surface area contributed by atoms with E-state index >= 15 is 0 Å². The van der Waals surface area contributed by atoms with E-state index in [1.807, 2.05) is 12.1 Å². The third-order valence-electron chi connectivity index (χ3n) is 5.06. The lowest BCUT2D eigenvalue weighted by molar-refractivity contribution is 0.478. The summed E-state index contributed by atoms with van der Waals surface area (Å²) in [6.07, 6.45) is 1.93. The van der Waals surface area contributed by atoms with Crippen molar-refractivity contribution < 1.29 is 13.2 Å². The predicted molar refractivity (Wildman–Crippen MR) is 104 cm³/mol. The van der Waals surface area contributed by atoms with Gasteiger partial charge in [0.1, 0.15) is 5.82 Å². The number of rotatable bonds is 7. The molecule has 0 aliphatic carbocycles. The van der Waals surface area contributed by atoms with Crippen molar-refractivity contribution in [2.75, 3.05) is 6.54 Å². The van der Waals surface area contributed by atoms with Gasteiger partial charge in [0, 0.05) is 11.6 Å². The maximum atomic E-state index is 14.0. The molecule has 142 valence electrons. The van der Waals surface area contributed by atoms with Gasteiger partial charge in [-0.1, -0.05) is 42.5 Å². The van der Waals surface area contributed by atoms with Gasteiger partial charge >= 0.3 is 0 Å². The Bertz CT molecular complexity index is 931. The molecule has 3 aromatic carbocycles. The molecule has 0 saturated heterocycles. The van der Waals surface area contributed by atoms with Crippen LogP contribution >= 0.6 is 0 Å². The van der Waals surface area contributed by atoms with Crippen molar-refractivity contribution in [3.8, 4) is 0 Å². The highest BCUT2D eigenvalue weighted by Crippen LogP contribution is 2.24. The summed E-state index contributed by atoms with van der Waals surface area (Å²) in [7, 11) is 0. The molecule has 27 heavy (non-hydrogen) atoms. The Morgan fingerprint density at radius 2 is 1.67 bits per heavy atom. The molecule has 0 aliphatic rings. The molecule has 0 radical (unpaired) electrons. The van der Waals surface area contributed by atoms with Crippen molar-refractivity contribution >= 4 is 10.8 Å². The first-order valence-electron chi connectivity index (χ1n) is 9.33. The molecule has 3 rings (SSSR count). The second kappa shape index (κ2) is 8.57. The molecule has 0 fully saturated rings. The van der Waals surface area contributed by atoms with Crippen molar-refractivity contribution in [2.45, 2.75) is 39.2 Å². The number of hydrogen-bond donors (Lipinski definition) is 1. The van der Waals surface area contributed by atoms with Gasteiger partial charge in [0.05, 0.1) is 0 Å². The fraction of sp³-hybridized carbons (Fsp3) is 0.304. The number of hydrogen-bond acceptors (Lipinski definition) is 1. The van der Waals surface area contributed by atoms with Crippen molar-refractivity contribution in [2.24, 2.45) is 0 Å². The molecule has 0 bridgehead atoms. The van der Waals surface area contributed by atoms with Crippen LogP contribution in [0.5, 0.6) is 0 Å². The molecule has 0 saturated carbocycles. The molecular formula is C23H24F3N. The summed E-state index contributed by atoms with van der Waals surface area (Å²) >= 11 is 0. The highest BCUT2D eigenvalue weighted by atomic mass is 19.2. The van der Waals surface area contributed by atoms with Crippen LogP contribution in [0.2, 0.25) is 0 Å². The summed E-state index contributed by atoms with van der Waals surface area (Å²) in [5.74, 6) is -2.71. The molecule has 1 N–H and O–H groups in total. The second-order valence-electron chi connectivity index (χ2n) is 6.97. The van der Waals surface area contributed by atoms with Crippen molar-refractivity contribution in [3.63, 3.8) is 0 Å². The lowest BCUT2D eigenvalue weighted by Crippen LogP contribution is -2.20. The third-order valence-corrected chi connectivity index (χ3v) is 5.06. The van der Waals surface area contributed by atoms with Gasteiger partial charge in [-0.25, -0.2) is 13.2 Å². The van der Waals surface area contributed by atoms with E-state index < -0.39 is 17.5 Å². The standard InChI is InChI=1S/C23H24F3N/c1-15-22(25)18(14-21(24)23(15)26)9-5-6-13-27-16(2)19-12-7-10-17-8-3-4-11-20(17)19/h3-4,7-8,10-12,14,16,27H,5-6,9,13H2,1-2H3/t16-/m1/s1. The fourth-order valence-electron chi connectivity index (χ4n) is 3.47. The van der Waals surface area contributed by atoms with E-state index in [2.05, 4.69) is 42.6 Å². The van der Waals surface area contributed by atoms with Crippen LogP contribution in [0.15, 0.2) is 48.5 Å². The molecule has 0 aliphatic heterocycles. The van der Waals surface area contributed by atoms with Crippen LogP contribution in [-0.4, -0.2) is 6.54 Å². The fourth-order valence-corrected chi connectivity index (χ4v) is 3.47. The summed E-state index contributed by atoms with van der Waals surface area (Å²) in [4.78, 5) is 0. The maximum absolute atomic E-state index is 14.0. The monoisotopic (exact) mass is 371 g/mol. The molecule has 0 aromatic heterocycles. The molecular weight excluding hydrogens is 347 g/mol. The van der Waals surface area contributed by atoms with Crippen molar-refractivity contribution in [1.29, 1.82) is 0 Å². The van der Waals surface area contributed by atoms with Gasteiger partial charge in [-0.3, -0.25) is 0 Å². The van der Waals surface area contributed by atoms with Gasteiger partial charge in [0.25, 0.3) is 0 Å². The number of halogens is 3. The Morgan fingerprint density at radius 1 is 0.926 bits per heavy atom. The Kier molecular flexibility index (Phi) is 6.17. The minimum atomic E-state index is -1.10. The number of benzene rings is 3. The average Bonchev–Trinajstić information content (AvgIpc) is 2.69. The summed E-state index contributed by atoms with van der Waals surface area (Å²) < 4.78 is 40.8. The Labute approximate surface area is 158 Å². The number of aryl methyl sites for hydroxylation is 1. The minimum Gasteiger partial charge on any atom is -0.310 e. The molecule has 3 aromatic rings. The molecule has 1 atom stereocenters. The van der Waals surface area contributed by atoms with Crippen molar-refractivity contribution in [1.82, 2.24) is 5.32 Å². The minimum absolute atomic E-state index is 0.193. The van der Waals surface area contributed by atoms with Crippen LogP contribution in [0.4, 0.5) is 13.2 Å². The van der Waals surface area contributed by atoms with E-state index in [0.717, 1.165) is 19.0 Å². The molecule has 0 heterocycles. The topological polar surface area (TPSA) is 12.0 Å². The molecule has 4 heteroatoms. The van der Waals surface area contributed by atoms with Crippen LogP contribution in [0.3, 0.4) is 0 Å². The third kappa shape index (κ3) is 4.33. The van der Waals surface area contributed by atoms with Crippen molar-refractivity contribution in [3.05, 3.63) is 82.7 Å². The van der Waals surface area contributed by atoms with E-state index in [-0.39, 0.29) is 17.2 Å². The van der Waals surface area contributed by atoms with E-state index in [1.54, 1.807) is 0 Å². The van der Waals surface area contributed by atoms with Gasteiger partial charge in [0.2, 0.25) is 0 Å². The Morgan fingerprint density at radius 3 is 2.48 bits per heavy atom. The first-order chi connectivity index (χ1) is 13.0. The zero-order valence-electron chi connectivity index (χ0n) is 15.7. The van der Waals surface area contributed by atoms with Gasteiger partial charge in [-0.05, 0) is 67.6 Å². The second-order valence-corrected chi connectivity index (χ2v) is 6.97. The highest BCUT2D eigenvalue weighted by Gasteiger charge is 2.15. The van der Waals surface area contributed by atoms with Crippen LogP contribution in [0.1, 0.15) is 42.5 Å². The molecule has 0 spiro atoms. The summed E-state index contributed by atoms with van der Waals surface area (Å²) in [6.45, 7) is 4.17. The van der Waals surface area contributed by atoms with Gasteiger partial charge in [-0.2, -0.15) is 0 Å². The van der Waals surface area contributed by atoms with E-state index in [0.29, 0.717) is 12.8 Å². The lowest BCUT2D eigenvalue weighted by Gasteiger charge is -2.16. The smallest absolute Gasteiger partial charge is 0.164 e. The highest BCUT2D eigenvalue weighted by molar-refractivity contribution is 5.86. The zero-order chi connectivity index (χ0) is 19.4. The van der Waals surface area contributed by atoms with Gasteiger partial charge < -0.3 is 5.32 Å². The summed E-state index contributed by atoms with van der Waals surface area (Å²) in [6, 6.07) is 15.7. The predicted octanol–water partition coefficient (Wildman–Crippen LogP) is 6.24. The average molecular weight is 371 g/mol. The van der Waals surface area contributed by atoms with Crippen LogP contribution in [-0.2, 0) is 6.42 Å². The zero-order valence-corrected chi connectivity index (χ0v) is 15.7. The Hall–Kier alpha value is -2.33. The number of unbranched alkanes of at least 4 members (excludes halogenated alkanes) is 1. The molecule has 0 amide bonds. The van der Waals surface area contributed by atoms with E-state index in [9.17, 15) is 13.2 Å². The Balaban J connectivity index is 1.53. The number of nitrogens with one attached hydrogen (secondary N) is 1. The van der Waals surface area contributed by atoms with Gasteiger partial charge in [0.15, 0.2) is 11.6 Å². The first kappa shape index (κ1) is 19.4. The van der Waals surface area contributed by atoms with E-state index in [1.165, 1.54) is 23.3 Å². The van der Waals surface area contributed by atoms with Crippen LogP contribution in [0.25, 0.3) is 10.8 Å². The van der Waals surface area contributed by atoms with Crippen LogP contribution < -0.4 is 5.32 Å².